The van der Waals surface area contributed by atoms with Gasteiger partial charge in [-0.1, -0.05) is 12.1 Å². The zero-order chi connectivity index (χ0) is 20.1. The molecule has 0 N–H and O–H groups in total. The first-order chi connectivity index (χ1) is 14.2. The molecule has 1 aromatic heterocycles. The van der Waals surface area contributed by atoms with E-state index in [0.717, 1.165) is 48.7 Å². The number of benzene rings is 2. The van der Waals surface area contributed by atoms with Gasteiger partial charge in [0.2, 0.25) is 6.79 Å². The number of fused-ring (bicyclic) bond motifs is 1. The van der Waals surface area contributed by atoms with Gasteiger partial charge in [0.05, 0.1) is 14.2 Å². The van der Waals surface area contributed by atoms with Gasteiger partial charge in [0.15, 0.2) is 11.5 Å². The number of rotatable bonds is 8. The molecule has 0 amide bonds. The Kier molecular flexibility index (Phi) is 5.84. The SMILES string of the molecule is COc1cc(CCc2cncc(CCc3ccc4c(c3)OCO4)c2)cc(OC)c1. The number of ether oxygens (including phenoxy) is 4. The molecule has 1 aliphatic rings. The molecular formula is C24H25NO4. The third kappa shape index (κ3) is 4.80. The van der Waals surface area contributed by atoms with E-state index in [9.17, 15) is 0 Å². The van der Waals surface area contributed by atoms with Gasteiger partial charge in [-0.05, 0) is 72.2 Å². The van der Waals surface area contributed by atoms with Gasteiger partial charge in [-0.3, -0.25) is 4.98 Å². The molecule has 0 atom stereocenters. The minimum Gasteiger partial charge on any atom is -0.497 e. The maximum absolute atomic E-state index is 5.46. The van der Waals surface area contributed by atoms with E-state index >= 15 is 0 Å². The Morgan fingerprint density at radius 2 is 1.31 bits per heavy atom. The lowest BCUT2D eigenvalue weighted by Gasteiger charge is -2.09. The number of hydrogen-bond donors (Lipinski definition) is 0. The standard InChI is InChI=1S/C24H25NO4/c1-26-21-10-18(11-22(13-21)27-2)4-6-20-9-19(14-25-15-20)5-3-17-7-8-23-24(12-17)29-16-28-23/h7-15H,3-6,16H2,1-2H3. The van der Waals surface area contributed by atoms with E-state index in [1.165, 1.54) is 22.3 Å². The molecule has 0 radical (unpaired) electrons. The third-order valence-electron chi connectivity index (χ3n) is 5.10. The second kappa shape index (κ2) is 8.86. The van der Waals surface area contributed by atoms with Crippen molar-refractivity contribution < 1.29 is 18.9 Å². The van der Waals surface area contributed by atoms with Crippen LogP contribution in [0.1, 0.15) is 22.3 Å². The lowest BCUT2D eigenvalue weighted by molar-refractivity contribution is 0.174. The van der Waals surface area contributed by atoms with Crippen LogP contribution in [0.2, 0.25) is 0 Å². The Bertz CT molecular complexity index is 964. The Balaban J connectivity index is 1.37. The molecule has 0 saturated heterocycles. The first-order valence-corrected chi connectivity index (χ1v) is 9.77. The highest BCUT2D eigenvalue weighted by molar-refractivity contribution is 5.44. The number of methoxy groups -OCH3 is 2. The fourth-order valence-corrected chi connectivity index (χ4v) is 3.50. The molecule has 2 aromatic carbocycles. The Labute approximate surface area is 171 Å². The van der Waals surface area contributed by atoms with E-state index in [2.05, 4.69) is 35.3 Å². The molecule has 0 spiro atoms. The highest BCUT2D eigenvalue weighted by atomic mass is 16.7. The van der Waals surface area contributed by atoms with Crippen molar-refractivity contribution in [3.63, 3.8) is 0 Å². The number of hydrogen-bond acceptors (Lipinski definition) is 5. The van der Waals surface area contributed by atoms with E-state index in [0.29, 0.717) is 6.79 Å². The zero-order valence-electron chi connectivity index (χ0n) is 16.8. The highest BCUT2D eigenvalue weighted by Crippen LogP contribution is 2.32. The minimum atomic E-state index is 0.309. The third-order valence-corrected chi connectivity index (χ3v) is 5.10. The zero-order valence-corrected chi connectivity index (χ0v) is 16.8. The van der Waals surface area contributed by atoms with Crippen LogP contribution in [0.4, 0.5) is 0 Å². The fraction of sp³-hybridized carbons (Fsp3) is 0.292. The molecule has 1 aliphatic heterocycles. The Hall–Kier alpha value is -3.21. The average molecular weight is 391 g/mol. The van der Waals surface area contributed by atoms with E-state index < -0.39 is 0 Å². The van der Waals surface area contributed by atoms with Crippen molar-refractivity contribution in [2.45, 2.75) is 25.7 Å². The number of pyridine rings is 1. The van der Waals surface area contributed by atoms with Crippen molar-refractivity contribution in [3.8, 4) is 23.0 Å². The van der Waals surface area contributed by atoms with Crippen LogP contribution in [0.3, 0.4) is 0 Å². The molecule has 5 nitrogen and oxygen atoms in total. The van der Waals surface area contributed by atoms with Gasteiger partial charge in [0, 0.05) is 18.5 Å². The van der Waals surface area contributed by atoms with E-state index in [1.54, 1.807) is 14.2 Å². The van der Waals surface area contributed by atoms with Crippen LogP contribution in [0, 0.1) is 0 Å². The van der Waals surface area contributed by atoms with Gasteiger partial charge in [-0.2, -0.15) is 0 Å². The van der Waals surface area contributed by atoms with Crippen molar-refractivity contribution in [3.05, 3.63) is 77.1 Å². The van der Waals surface area contributed by atoms with Gasteiger partial charge in [-0.25, -0.2) is 0 Å². The van der Waals surface area contributed by atoms with Crippen molar-refractivity contribution in [2.75, 3.05) is 21.0 Å². The molecule has 2 heterocycles. The Morgan fingerprint density at radius 1 is 0.690 bits per heavy atom. The van der Waals surface area contributed by atoms with Crippen LogP contribution >= 0.6 is 0 Å². The van der Waals surface area contributed by atoms with Crippen LogP contribution in [0.25, 0.3) is 0 Å². The lowest BCUT2D eigenvalue weighted by Crippen LogP contribution is -1.98. The number of aryl methyl sites for hydroxylation is 4. The summed E-state index contributed by atoms with van der Waals surface area (Å²) in [6.45, 7) is 0.309. The van der Waals surface area contributed by atoms with Gasteiger partial charge in [-0.15, -0.1) is 0 Å². The summed E-state index contributed by atoms with van der Waals surface area (Å²) < 4.78 is 21.6. The molecular weight excluding hydrogens is 366 g/mol. The van der Waals surface area contributed by atoms with Gasteiger partial charge >= 0.3 is 0 Å². The number of nitrogens with zero attached hydrogens (tertiary/aromatic N) is 1. The Morgan fingerprint density at radius 3 is 2.00 bits per heavy atom. The first kappa shape index (κ1) is 19.1. The number of aromatic nitrogens is 1. The molecule has 5 heteroatoms. The molecule has 3 aromatic rings. The maximum Gasteiger partial charge on any atom is 0.231 e. The smallest absolute Gasteiger partial charge is 0.231 e. The predicted octanol–water partition coefficient (Wildman–Crippen LogP) is 4.40. The van der Waals surface area contributed by atoms with Gasteiger partial charge < -0.3 is 18.9 Å². The van der Waals surface area contributed by atoms with Gasteiger partial charge in [0.25, 0.3) is 0 Å². The van der Waals surface area contributed by atoms with Gasteiger partial charge in [0.1, 0.15) is 11.5 Å². The summed E-state index contributed by atoms with van der Waals surface area (Å²) in [4.78, 5) is 4.44. The van der Waals surface area contributed by atoms with Crippen LogP contribution in [-0.2, 0) is 25.7 Å². The summed E-state index contributed by atoms with van der Waals surface area (Å²) in [6.07, 6.45) is 7.59. The second-order valence-corrected chi connectivity index (χ2v) is 7.11. The van der Waals surface area contributed by atoms with Crippen LogP contribution in [-0.4, -0.2) is 26.0 Å². The molecule has 29 heavy (non-hydrogen) atoms. The van der Waals surface area contributed by atoms with Crippen LogP contribution in [0.5, 0.6) is 23.0 Å². The quantitative estimate of drug-likeness (QED) is 0.570. The molecule has 0 unspecified atom stereocenters. The monoisotopic (exact) mass is 391 g/mol. The normalized spacial score (nSPS) is 12.1. The fourth-order valence-electron chi connectivity index (χ4n) is 3.50. The molecule has 4 rings (SSSR count). The molecule has 0 aliphatic carbocycles. The lowest BCUT2D eigenvalue weighted by atomic mass is 10.0. The van der Waals surface area contributed by atoms with Crippen molar-refractivity contribution >= 4 is 0 Å². The maximum atomic E-state index is 5.46. The highest BCUT2D eigenvalue weighted by Gasteiger charge is 2.13. The second-order valence-electron chi connectivity index (χ2n) is 7.11. The topological polar surface area (TPSA) is 49.8 Å². The van der Waals surface area contributed by atoms with Crippen molar-refractivity contribution in [1.82, 2.24) is 4.98 Å². The summed E-state index contributed by atoms with van der Waals surface area (Å²) in [5.41, 5.74) is 4.90. The predicted molar refractivity (Wildman–Crippen MR) is 111 cm³/mol. The minimum absolute atomic E-state index is 0.309. The van der Waals surface area contributed by atoms with Crippen molar-refractivity contribution in [1.29, 1.82) is 0 Å². The first-order valence-electron chi connectivity index (χ1n) is 9.77. The summed E-state index contributed by atoms with van der Waals surface area (Å²) in [5.74, 6) is 3.29. The molecule has 0 bridgehead atoms. The van der Waals surface area contributed by atoms with E-state index in [4.69, 9.17) is 18.9 Å². The molecule has 0 saturated carbocycles. The van der Waals surface area contributed by atoms with E-state index in [-0.39, 0.29) is 0 Å². The van der Waals surface area contributed by atoms with E-state index in [1.807, 2.05) is 24.5 Å². The molecule has 150 valence electrons. The molecule has 0 fully saturated rings. The van der Waals surface area contributed by atoms with Crippen molar-refractivity contribution in [2.24, 2.45) is 0 Å². The summed E-state index contributed by atoms with van der Waals surface area (Å²) in [6, 6.07) is 14.4. The van der Waals surface area contributed by atoms with Crippen LogP contribution in [0.15, 0.2) is 54.9 Å². The summed E-state index contributed by atoms with van der Waals surface area (Å²) >= 11 is 0. The largest absolute Gasteiger partial charge is 0.497 e. The summed E-state index contributed by atoms with van der Waals surface area (Å²) in [5, 5.41) is 0. The van der Waals surface area contributed by atoms with Crippen LogP contribution < -0.4 is 18.9 Å². The average Bonchev–Trinajstić information content (AvgIpc) is 3.24. The summed E-state index contributed by atoms with van der Waals surface area (Å²) in [7, 11) is 3.35.